The highest BCUT2D eigenvalue weighted by Gasteiger charge is 2.30. The lowest BCUT2D eigenvalue weighted by atomic mass is 9.88. The Balaban J connectivity index is 1.83. The van der Waals surface area contributed by atoms with Crippen LogP contribution in [0.5, 0.6) is 5.75 Å². The Kier molecular flexibility index (Phi) is 9.20. The van der Waals surface area contributed by atoms with Crippen LogP contribution in [0.2, 0.25) is 0 Å². The van der Waals surface area contributed by atoms with Gasteiger partial charge in [-0.05, 0) is 48.6 Å². The molecule has 0 saturated carbocycles. The Morgan fingerprint density at radius 1 is 1.06 bits per heavy atom. The average Bonchev–Trinajstić information content (AvgIpc) is 2.87. The molecule has 35 heavy (non-hydrogen) atoms. The van der Waals surface area contributed by atoms with E-state index in [0.29, 0.717) is 24.2 Å². The highest BCUT2D eigenvalue weighted by Crippen LogP contribution is 2.24. The molecule has 0 spiro atoms. The molecule has 0 aliphatic rings. The van der Waals surface area contributed by atoms with E-state index in [2.05, 4.69) is 10.3 Å². The smallest absolute Gasteiger partial charge is 0.340 e. The van der Waals surface area contributed by atoms with Crippen LogP contribution in [0.4, 0.5) is 0 Å². The van der Waals surface area contributed by atoms with Gasteiger partial charge in [-0.2, -0.15) is 0 Å². The topological polar surface area (TPSA) is 97.8 Å². The largest absolute Gasteiger partial charge is 0.497 e. The van der Waals surface area contributed by atoms with Crippen molar-refractivity contribution in [1.82, 2.24) is 10.3 Å². The summed E-state index contributed by atoms with van der Waals surface area (Å²) in [5, 5.41) is 14.7. The Hall–Kier alpha value is -3.45. The number of amides is 1. The molecule has 0 aliphatic heterocycles. The number of carbonyl (C=O) groups excluding carboxylic acids is 2. The zero-order chi connectivity index (χ0) is 25.4. The Bertz CT molecular complexity index is 1130. The molecule has 7 nitrogen and oxygen atoms in total. The van der Waals surface area contributed by atoms with E-state index in [4.69, 9.17) is 9.47 Å². The number of methoxy groups -OCH3 is 1. The number of hydrogen-bond acceptors (Lipinski definition) is 6. The van der Waals surface area contributed by atoms with Crippen molar-refractivity contribution in [2.24, 2.45) is 11.8 Å². The second-order valence-electron chi connectivity index (χ2n) is 9.16. The summed E-state index contributed by atoms with van der Waals surface area (Å²) < 4.78 is 11.1. The fourth-order valence-electron chi connectivity index (χ4n) is 4.17. The molecule has 1 heterocycles. The molecule has 1 aromatic heterocycles. The molecular formula is C28H34N2O5. The van der Waals surface area contributed by atoms with Crippen molar-refractivity contribution in [1.29, 1.82) is 0 Å². The van der Waals surface area contributed by atoms with E-state index in [1.165, 1.54) is 6.20 Å². The number of fused-ring (bicyclic) bond motifs is 1. The van der Waals surface area contributed by atoms with Crippen LogP contribution < -0.4 is 10.1 Å². The average molecular weight is 479 g/mol. The van der Waals surface area contributed by atoms with Crippen molar-refractivity contribution in [3.05, 3.63) is 71.9 Å². The third-order valence-electron chi connectivity index (χ3n) is 6.01. The quantitative estimate of drug-likeness (QED) is 0.402. The van der Waals surface area contributed by atoms with Crippen molar-refractivity contribution < 1.29 is 24.2 Å². The predicted octanol–water partition coefficient (Wildman–Crippen LogP) is 4.17. The first-order valence-corrected chi connectivity index (χ1v) is 11.9. The summed E-state index contributed by atoms with van der Waals surface area (Å²) in [6.45, 7) is 4.06. The SMILES string of the molecule is CNC(=O)[C@H](CC(C)C)C[C@H](O)[C@H](Cc1ccc(OC)cc1)OC(=O)c1cnc2ccccc2c1. The van der Waals surface area contributed by atoms with Gasteiger partial charge < -0.3 is 19.9 Å². The number of ether oxygens (including phenoxy) is 2. The summed E-state index contributed by atoms with van der Waals surface area (Å²) in [4.78, 5) is 29.9. The maximum absolute atomic E-state index is 13.1. The minimum Gasteiger partial charge on any atom is -0.497 e. The van der Waals surface area contributed by atoms with Crippen LogP contribution in [0.1, 0.15) is 42.6 Å². The third kappa shape index (κ3) is 7.26. The molecule has 3 atom stereocenters. The first-order chi connectivity index (χ1) is 16.8. The molecule has 0 aliphatic carbocycles. The van der Waals surface area contributed by atoms with Gasteiger partial charge in [0.2, 0.25) is 5.91 Å². The maximum Gasteiger partial charge on any atom is 0.340 e. The third-order valence-corrected chi connectivity index (χ3v) is 6.01. The molecule has 2 aromatic carbocycles. The Morgan fingerprint density at radius 2 is 1.77 bits per heavy atom. The number of rotatable bonds is 11. The summed E-state index contributed by atoms with van der Waals surface area (Å²) >= 11 is 0. The van der Waals surface area contributed by atoms with Crippen molar-refractivity contribution in [2.75, 3.05) is 14.2 Å². The fraction of sp³-hybridized carbons (Fsp3) is 0.393. The number of benzene rings is 2. The molecule has 186 valence electrons. The number of carbonyl (C=O) groups is 2. The van der Waals surface area contributed by atoms with Crippen molar-refractivity contribution in [2.45, 2.75) is 45.3 Å². The van der Waals surface area contributed by atoms with Gasteiger partial charge in [0, 0.05) is 31.0 Å². The number of pyridine rings is 1. The maximum atomic E-state index is 13.1. The number of aromatic nitrogens is 1. The van der Waals surface area contributed by atoms with Gasteiger partial charge in [0.15, 0.2) is 0 Å². The van der Waals surface area contributed by atoms with Gasteiger partial charge in [0.25, 0.3) is 0 Å². The van der Waals surface area contributed by atoms with Crippen LogP contribution in [0.25, 0.3) is 10.9 Å². The standard InChI is InChI=1S/C28H34N2O5/c1-18(2)13-21(27(32)29-3)16-25(31)26(14-19-9-11-23(34-4)12-10-19)35-28(33)22-15-20-7-5-6-8-24(20)30-17-22/h5-12,15,17-18,21,25-26,31H,13-14,16H2,1-4H3,(H,29,32)/t21-,25+,26+/m1/s1. The molecule has 0 saturated heterocycles. The minimum atomic E-state index is -1.03. The monoisotopic (exact) mass is 478 g/mol. The summed E-state index contributed by atoms with van der Waals surface area (Å²) in [5.41, 5.74) is 1.96. The lowest BCUT2D eigenvalue weighted by Gasteiger charge is -2.27. The Labute approximate surface area is 206 Å². The zero-order valence-corrected chi connectivity index (χ0v) is 20.7. The molecule has 0 radical (unpaired) electrons. The van der Waals surface area contributed by atoms with Gasteiger partial charge in [-0.3, -0.25) is 9.78 Å². The molecular weight excluding hydrogens is 444 g/mol. The van der Waals surface area contributed by atoms with Gasteiger partial charge in [-0.25, -0.2) is 4.79 Å². The van der Waals surface area contributed by atoms with Gasteiger partial charge in [0.1, 0.15) is 11.9 Å². The highest BCUT2D eigenvalue weighted by molar-refractivity contribution is 5.93. The van der Waals surface area contributed by atoms with E-state index < -0.39 is 24.1 Å². The molecule has 0 bridgehead atoms. The van der Waals surface area contributed by atoms with Crippen LogP contribution in [0.3, 0.4) is 0 Å². The first-order valence-electron chi connectivity index (χ1n) is 11.9. The van der Waals surface area contributed by atoms with Gasteiger partial charge in [-0.1, -0.05) is 44.2 Å². The fourth-order valence-corrected chi connectivity index (χ4v) is 4.17. The molecule has 7 heteroatoms. The van der Waals surface area contributed by atoms with Crippen LogP contribution in [-0.2, 0) is 16.0 Å². The van der Waals surface area contributed by atoms with Crippen LogP contribution >= 0.6 is 0 Å². The van der Waals surface area contributed by atoms with Gasteiger partial charge in [0.05, 0.1) is 24.3 Å². The molecule has 0 fully saturated rings. The zero-order valence-electron chi connectivity index (χ0n) is 20.7. The summed E-state index contributed by atoms with van der Waals surface area (Å²) in [6, 6.07) is 16.6. The molecule has 0 unspecified atom stereocenters. The number of para-hydroxylation sites is 1. The number of esters is 1. The molecule has 3 rings (SSSR count). The second-order valence-corrected chi connectivity index (χ2v) is 9.16. The number of aliphatic hydroxyl groups excluding tert-OH is 1. The molecule has 3 aromatic rings. The number of aliphatic hydroxyl groups is 1. The van der Waals surface area contributed by atoms with E-state index in [1.807, 2.05) is 62.4 Å². The number of hydrogen-bond donors (Lipinski definition) is 2. The van der Waals surface area contributed by atoms with Crippen molar-refractivity contribution in [3.8, 4) is 5.75 Å². The lowest BCUT2D eigenvalue weighted by molar-refractivity contribution is -0.126. The first kappa shape index (κ1) is 26.2. The van der Waals surface area contributed by atoms with Gasteiger partial charge in [-0.15, -0.1) is 0 Å². The van der Waals surface area contributed by atoms with Crippen molar-refractivity contribution >= 4 is 22.8 Å². The predicted molar refractivity (Wildman–Crippen MR) is 135 cm³/mol. The van der Waals surface area contributed by atoms with Crippen molar-refractivity contribution in [3.63, 3.8) is 0 Å². The summed E-state index contributed by atoms with van der Waals surface area (Å²) in [5.74, 6) is -0.112. The van der Waals surface area contributed by atoms with Gasteiger partial charge >= 0.3 is 5.97 Å². The van der Waals surface area contributed by atoms with E-state index in [-0.39, 0.29) is 18.2 Å². The van der Waals surface area contributed by atoms with E-state index >= 15 is 0 Å². The Morgan fingerprint density at radius 3 is 2.43 bits per heavy atom. The van der Waals surface area contributed by atoms with E-state index in [9.17, 15) is 14.7 Å². The molecule has 2 N–H and O–H groups in total. The molecule has 1 amide bonds. The van der Waals surface area contributed by atoms with E-state index in [1.54, 1.807) is 20.2 Å². The number of nitrogens with zero attached hydrogens (tertiary/aromatic N) is 1. The van der Waals surface area contributed by atoms with Crippen LogP contribution in [0, 0.1) is 11.8 Å². The summed E-state index contributed by atoms with van der Waals surface area (Å²) in [6.07, 6.45) is 0.696. The highest BCUT2D eigenvalue weighted by atomic mass is 16.6. The van der Waals surface area contributed by atoms with E-state index in [0.717, 1.165) is 16.5 Å². The lowest BCUT2D eigenvalue weighted by Crippen LogP contribution is -2.38. The normalized spacial score (nSPS) is 13.8. The second kappa shape index (κ2) is 12.3. The van der Waals surface area contributed by atoms with Crippen LogP contribution in [0.15, 0.2) is 60.8 Å². The number of nitrogens with one attached hydrogen (secondary N) is 1. The summed E-state index contributed by atoms with van der Waals surface area (Å²) in [7, 11) is 3.18. The van der Waals surface area contributed by atoms with Crippen LogP contribution in [-0.4, -0.2) is 48.3 Å². The minimum absolute atomic E-state index is 0.133.